The van der Waals surface area contributed by atoms with Gasteiger partial charge in [0, 0.05) is 11.9 Å². The Morgan fingerprint density at radius 2 is 2.08 bits per heavy atom. The SMILES string of the molecule is CCCNC(=O)[C@@H](C)OC(=O)CCn1ncc(=O)c2ccccc21. The summed E-state index contributed by atoms with van der Waals surface area (Å²) in [5, 5.41) is 7.27. The smallest absolute Gasteiger partial charge is 0.308 e. The molecular formula is C17H21N3O4. The second kappa shape index (κ2) is 8.24. The number of aromatic nitrogens is 2. The molecule has 0 aliphatic heterocycles. The summed E-state index contributed by atoms with van der Waals surface area (Å²) in [6.45, 7) is 4.30. The van der Waals surface area contributed by atoms with Crippen LogP contribution in [0.2, 0.25) is 0 Å². The molecule has 0 unspecified atom stereocenters. The Hall–Kier alpha value is -2.70. The van der Waals surface area contributed by atoms with Crippen LogP contribution in [-0.4, -0.2) is 34.3 Å². The van der Waals surface area contributed by atoms with E-state index in [2.05, 4.69) is 10.4 Å². The lowest BCUT2D eigenvalue weighted by atomic mass is 10.2. The fourth-order valence-corrected chi connectivity index (χ4v) is 2.24. The molecule has 1 aromatic carbocycles. The molecule has 0 bridgehead atoms. The number of carbonyl (C=O) groups is 2. The number of carbonyl (C=O) groups excluding carboxylic acids is 2. The topological polar surface area (TPSA) is 90.3 Å². The van der Waals surface area contributed by atoms with Crippen LogP contribution in [0.15, 0.2) is 35.3 Å². The number of nitrogens with one attached hydrogen (secondary N) is 1. The lowest BCUT2D eigenvalue weighted by Gasteiger charge is -2.14. The molecule has 7 nitrogen and oxygen atoms in total. The number of para-hydroxylation sites is 1. The average Bonchev–Trinajstić information content (AvgIpc) is 2.59. The first-order valence-electron chi connectivity index (χ1n) is 7.95. The quantitative estimate of drug-likeness (QED) is 0.771. The van der Waals surface area contributed by atoms with Gasteiger partial charge in [-0.25, -0.2) is 0 Å². The zero-order valence-electron chi connectivity index (χ0n) is 13.8. The molecule has 2 rings (SSSR count). The fourth-order valence-electron chi connectivity index (χ4n) is 2.24. The van der Waals surface area contributed by atoms with Gasteiger partial charge in [0.2, 0.25) is 5.43 Å². The average molecular weight is 331 g/mol. The van der Waals surface area contributed by atoms with Crippen LogP contribution in [-0.2, 0) is 20.9 Å². The molecule has 0 spiro atoms. The van der Waals surface area contributed by atoms with E-state index in [4.69, 9.17) is 4.74 Å². The number of fused-ring (bicyclic) bond motifs is 1. The van der Waals surface area contributed by atoms with E-state index in [1.54, 1.807) is 28.9 Å². The molecule has 2 aromatic rings. The van der Waals surface area contributed by atoms with Gasteiger partial charge in [-0.2, -0.15) is 5.10 Å². The fraction of sp³-hybridized carbons (Fsp3) is 0.412. The van der Waals surface area contributed by atoms with Gasteiger partial charge in [-0.1, -0.05) is 19.1 Å². The maximum absolute atomic E-state index is 11.9. The van der Waals surface area contributed by atoms with Crippen LogP contribution in [0.25, 0.3) is 10.9 Å². The van der Waals surface area contributed by atoms with E-state index in [1.807, 2.05) is 6.92 Å². The lowest BCUT2D eigenvalue weighted by molar-refractivity contribution is -0.155. The van der Waals surface area contributed by atoms with Gasteiger partial charge in [-0.3, -0.25) is 19.1 Å². The first-order valence-corrected chi connectivity index (χ1v) is 7.95. The van der Waals surface area contributed by atoms with Gasteiger partial charge >= 0.3 is 5.97 Å². The van der Waals surface area contributed by atoms with Gasteiger partial charge in [0.05, 0.1) is 24.7 Å². The van der Waals surface area contributed by atoms with Crippen molar-refractivity contribution in [2.75, 3.05) is 6.54 Å². The van der Waals surface area contributed by atoms with Crippen LogP contribution in [0, 0.1) is 0 Å². The highest BCUT2D eigenvalue weighted by molar-refractivity contribution is 5.83. The van der Waals surface area contributed by atoms with Crippen LogP contribution >= 0.6 is 0 Å². The molecule has 0 fully saturated rings. The van der Waals surface area contributed by atoms with Crippen molar-refractivity contribution in [1.82, 2.24) is 15.1 Å². The van der Waals surface area contributed by atoms with Crippen molar-refractivity contribution in [2.24, 2.45) is 0 Å². The summed E-state index contributed by atoms with van der Waals surface area (Å²) in [5.41, 5.74) is 0.497. The molecule has 7 heteroatoms. The third-order valence-corrected chi connectivity index (χ3v) is 3.52. The molecule has 0 saturated carbocycles. The van der Waals surface area contributed by atoms with Gasteiger partial charge in [0.1, 0.15) is 0 Å². The number of hydrogen-bond acceptors (Lipinski definition) is 5. The summed E-state index contributed by atoms with van der Waals surface area (Å²) in [6.07, 6.45) is 1.28. The Morgan fingerprint density at radius 3 is 2.83 bits per heavy atom. The van der Waals surface area contributed by atoms with Crippen molar-refractivity contribution >= 4 is 22.8 Å². The molecule has 1 aromatic heterocycles. The third kappa shape index (κ3) is 4.41. The summed E-state index contributed by atoms with van der Waals surface area (Å²) in [7, 11) is 0. The van der Waals surface area contributed by atoms with Gasteiger partial charge in [0.15, 0.2) is 6.10 Å². The zero-order valence-corrected chi connectivity index (χ0v) is 13.8. The van der Waals surface area contributed by atoms with Crippen molar-refractivity contribution in [3.8, 4) is 0 Å². The van der Waals surface area contributed by atoms with E-state index < -0.39 is 12.1 Å². The first-order chi connectivity index (χ1) is 11.5. The molecule has 24 heavy (non-hydrogen) atoms. The van der Waals surface area contributed by atoms with E-state index >= 15 is 0 Å². The van der Waals surface area contributed by atoms with E-state index in [1.165, 1.54) is 13.1 Å². The standard InChI is InChI=1S/C17H21N3O4/c1-3-9-18-17(23)12(2)24-16(22)8-10-20-14-7-5-4-6-13(14)15(21)11-19-20/h4-7,11-12H,3,8-10H2,1-2H3,(H,18,23)/t12-/m1/s1. The molecule has 1 atom stereocenters. The van der Waals surface area contributed by atoms with Gasteiger partial charge < -0.3 is 10.1 Å². The number of hydrogen-bond donors (Lipinski definition) is 1. The van der Waals surface area contributed by atoms with E-state index in [-0.39, 0.29) is 24.3 Å². The number of amides is 1. The first kappa shape index (κ1) is 17.7. The molecule has 1 heterocycles. The summed E-state index contributed by atoms with van der Waals surface area (Å²) in [6, 6.07) is 7.07. The maximum atomic E-state index is 11.9. The van der Waals surface area contributed by atoms with Crippen molar-refractivity contribution < 1.29 is 14.3 Å². The molecule has 128 valence electrons. The Bertz CT molecular complexity index is 785. The largest absolute Gasteiger partial charge is 0.452 e. The van der Waals surface area contributed by atoms with Crippen molar-refractivity contribution in [2.45, 2.75) is 39.3 Å². The Labute approximate surface area is 139 Å². The van der Waals surface area contributed by atoms with Crippen molar-refractivity contribution in [1.29, 1.82) is 0 Å². The highest BCUT2D eigenvalue weighted by Gasteiger charge is 2.17. The number of aryl methyl sites for hydroxylation is 1. The number of nitrogens with zero attached hydrogens (tertiary/aromatic N) is 2. The van der Waals surface area contributed by atoms with Gasteiger partial charge in [-0.15, -0.1) is 0 Å². The molecule has 1 N–H and O–H groups in total. The summed E-state index contributed by atoms with van der Waals surface area (Å²) >= 11 is 0. The summed E-state index contributed by atoms with van der Waals surface area (Å²) in [4.78, 5) is 35.4. The number of rotatable bonds is 7. The predicted molar refractivity (Wildman–Crippen MR) is 89.5 cm³/mol. The second-order valence-electron chi connectivity index (χ2n) is 5.42. The third-order valence-electron chi connectivity index (χ3n) is 3.52. The van der Waals surface area contributed by atoms with Gasteiger partial charge in [-0.05, 0) is 25.5 Å². The van der Waals surface area contributed by atoms with Gasteiger partial charge in [0.25, 0.3) is 5.91 Å². The van der Waals surface area contributed by atoms with Crippen LogP contribution < -0.4 is 10.7 Å². The van der Waals surface area contributed by atoms with Crippen LogP contribution in [0.5, 0.6) is 0 Å². The summed E-state index contributed by atoms with van der Waals surface area (Å²) in [5.74, 6) is -0.795. The minimum atomic E-state index is -0.831. The Balaban J connectivity index is 1.96. The van der Waals surface area contributed by atoms with Crippen molar-refractivity contribution in [3.63, 3.8) is 0 Å². The normalized spacial score (nSPS) is 11.9. The Morgan fingerprint density at radius 1 is 1.33 bits per heavy atom. The maximum Gasteiger partial charge on any atom is 0.308 e. The van der Waals surface area contributed by atoms with E-state index in [9.17, 15) is 14.4 Å². The minimum absolute atomic E-state index is 0.0608. The Kier molecular flexibility index (Phi) is 6.06. The monoisotopic (exact) mass is 331 g/mol. The van der Waals surface area contributed by atoms with E-state index in [0.29, 0.717) is 17.4 Å². The van der Waals surface area contributed by atoms with Crippen LogP contribution in [0.4, 0.5) is 0 Å². The predicted octanol–water partition coefficient (Wildman–Crippen LogP) is 1.24. The minimum Gasteiger partial charge on any atom is -0.452 e. The molecule has 0 aliphatic rings. The second-order valence-corrected chi connectivity index (χ2v) is 5.42. The highest BCUT2D eigenvalue weighted by atomic mass is 16.5. The summed E-state index contributed by atoms with van der Waals surface area (Å²) < 4.78 is 6.70. The molecule has 0 radical (unpaired) electrons. The zero-order chi connectivity index (χ0) is 17.5. The molecular weight excluding hydrogens is 310 g/mol. The van der Waals surface area contributed by atoms with Crippen LogP contribution in [0.3, 0.4) is 0 Å². The van der Waals surface area contributed by atoms with E-state index in [0.717, 1.165) is 6.42 Å². The van der Waals surface area contributed by atoms with Crippen LogP contribution in [0.1, 0.15) is 26.7 Å². The molecule has 0 aliphatic carbocycles. The highest BCUT2D eigenvalue weighted by Crippen LogP contribution is 2.08. The molecule has 1 amide bonds. The number of ether oxygens (including phenoxy) is 1. The lowest BCUT2D eigenvalue weighted by Crippen LogP contribution is -2.36. The number of benzene rings is 1. The molecule has 0 saturated heterocycles. The van der Waals surface area contributed by atoms with Crippen molar-refractivity contribution in [3.05, 3.63) is 40.7 Å². The number of esters is 1.